The molecule has 15 heteroatoms. The molecule has 4 amide bonds. The summed E-state index contributed by atoms with van der Waals surface area (Å²) in [6, 6.07) is 0. The van der Waals surface area contributed by atoms with Crippen molar-refractivity contribution in [2.24, 2.45) is 22.9 Å². The molecule has 0 aliphatic heterocycles. The highest BCUT2D eigenvalue weighted by atomic mass is 32.2. The highest BCUT2D eigenvalue weighted by Gasteiger charge is 2.15. The number of carbonyl (C=O) groups excluding carboxylic acids is 6. The molecule has 0 bridgehead atoms. The minimum Gasteiger partial charge on any atom is -0.393 e. The summed E-state index contributed by atoms with van der Waals surface area (Å²) < 4.78 is 4.92. The third-order valence-corrected chi connectivity index (χ3v) is 9.94. The van der Waals surface area contributed by atoms with Crippen LogP contribution in [-0.4, -0.2) is 80.6 Å². The lowest BCUT2D eigenvalue weighted by atomic mass is 10.1. The lowest BCUT2D eigenvalue weighted by molar-refractivity contribution is -0.159. The van der Waals surface area contributed by atoms with Crippen LogP contribution in [0.3, 0.4) is 0 Å². The number of hydrogen-bond acceptors (Lipinski definition) is 11. The van der Waals surface area contributed by atoms with Crippen LogP contribution in [0.5, 0.6) is 0 Å². The Morgan fingerprint density at radius 2 is 0.872 bits per heavy atom. The number of rotatable bonds is 26. The third kappa shape index (κ3) is 26.4. The highest BCUT2D eigenvalue weighted by molar-refractivity contribution is 8.01. The summed E-state index contributed by atoms with van der Waals surface area (Å²) in [6.45, 7) is 0. The molecule has 2 atom stereocenters. The van der Waals surface area contributed by atoms with E-state index in [0.29, 0.717) is 12.8 Å². The number of nitrogens with two attached hydrogens (primary N) is 4. The summed E-state index contributed by atoms with van der Waals surface area (Å²) in [5.74, 6) is -0.258. The molecule has 0 saturated heterocycles. The van der Waals surface area contributed by atoms with E-state index >= 15 is 0 Å². The number of unbranched alkanes of at least 4 members (excludes halogenated alkanes) is 2. The van der Waals surface area contributed by atoms with E-state index in [9.17, 15) is 28.8 Å². The van der Waals surface area contributed by atoms with Crippen molar-refractivity contribution in [3.05, 3.63) is 0 Å². The number of primary amides is 4. The average molecular weight is 627 g/mol. The van der Waals surface area contributed by atoms with E-state index < -0.39 is 23.8 Å². The molecule has 0 rings (SSSR count). The fraction of sp³-hybridized carbons (Fsp3) is 0.750. The van der Waals surface area contributed by atoms with E-state index in [1.54, 1.807) is 0 Å². The van der Waals surface area contributed by atoms with Crippen LogP contribution in [0.15, 0.2) is 0 Å². The van der Waals surface area contributed by atoms with E-state index in [4.69, 9.17) is 27.7 Å². The average Bonchev–Trinajstić information content (AvgIpc) is 2.84. The zero-order valence-corrected chi connectivity index (χ0v) is 25.5. The van der Waals surface area contributed by atoms with Gasteiger partial charge in [-0.3, -0.25) is 28.8 Å². The monoisotopic (exact) mass is 626 g/mol. The normalized spacial score (nSPS) is 12.4. The summed E-state index contributed by atoms with van der Waals surface area (Å²) in [4.78, 5) is 68.0. The van der Waals surface area contributed by atoms with Crippen molar-refractivity contribution >= 4 is 82.6 Å². The quantitative estimate of drug-likeness (QED) is 0.0614. The standard InChI is InChI=1S/C24H42N4O7S4/c25-19(29)13-36-11-9-17(38-15-21(27)31)5-1-3-7-23(33)35-24(34)8-4-2-6-18(39-16-22(28)32)10-12-37-14-20(26)30/h17-18H,1-16H2,(H2,25,29)(H2,26,30)(H2,27,31)(H2,28,32). The van der Waals surface area contributed by atoms with Crippen molar-refractivity contribution in [3.63, 3.8) is 0 Å². The van der Waals surface area contributed by atoms with Crippen molar-refractivity contribution in [3.8, 4) is 0 Å². The molecule has 0 heterocycles. The Morgan fingerprint density at radius 1 is 0.513 bits per heavy atom. The van der Waals surface area contributed by atoms with E-state index in [1.807, 2.05) is 0 Å². The Balaban J connectivity index is 4.20. The first kappa shape index (κ1) is 37.4. The van der Waals surface area contributed by atoms with Gasteiger partial charge in [0, 0.05) is 23.3 Å². The zero-order chi connectivity index (χ0) is 29.5. The molecule has 0 aliphatic carbocycles. The van der Waals surface area contributed by atoms with E-state index in [-0.39, 0.29) is 58.2 Å². The maximum Gasteiger partial charge on any atom is 0.313 e. The summed E-state index contributed by atoms with van der Waals surface area (Å²) in [6.07, 6.45) is 5.93. The van der Waals surface area contributed by atoms with Gasteiger partial charge in [0.25, 0.3) is 0 Å². The van der Waals surface area contributed by atoms with Gasteiger partial charge in [-0.1, -0.05) is 12.8 Å². The molecule has 0 fully saturated rings. The first-order valence-electron chi connectivity index (χ1n) is 12.7. The minimum absolute atomic E-state index is 0.129. The predicted molar refractivity (Wildman–Crippen MR) is 161 cm³/mol. The summed E-state index contributed by atoms with van der Waals surface area (Å²) >= 11 is 5.81. The molecule has 0 aromatic carbocycles. The lowest BCUT2D eigenvalue weighted by Crippen LogP contribution is -2.18. The van der Waals surface area contributed by atoms with Crippen LogP contribution in [0.4, 0.5) is 0 Å². The number of esters is 2. The molecule has 8 N–H and O–H groups in total. The molecular formula is C24H42N4O7S4. The van der Waals surface area contributed by atoms with Crippen LogP contribution in [-0.2, 0) is 33.5 Å². The van der Waals surface area contributed by atoms with Crippen molar-refractivity contribution in [2.45, 2.75) is 74.7 Å². The van der Waals surface area contributed by atoms with Crippen molar-refractivity contribution in [2.75, 3.05) is 34.5 Å². The highest BCUT2D eigenvalue weighted by Crippen LogP contribution is 2.24. The predicted octanol–water partition coefficient (Wildman–Crippen LogP) is 1.57. The van der Waals surface area contributed by atoms with Gasteiger partial charge in [0.2, 0.25) is 23.6 Å². The number of amides is 4. The molecule has 11 nitrogen and oxygen atoms in total. The van der Waals surface area contributed by atoms with Gasteiger partial charge in [-0.25, -0.2) is 0 Å². The summed E-state index contributed by atoms with van der Waals surface area (Å²) in [7, 11) is 0. The summed E-state index contributed by atoms with van der Waals surface area (Å²) in [5.41, 5.74) is 20.8. The molecular weight excluding hydrogens is 585 g/mol. The second kappa shape index (κ2) is 24.2. The summed E-state index contributed by atoms with van der Waals surface area (Å²) in [5, 5.41) is 0.337. The van der Waals surface area contributed by atoms with Crippen molar-refractivity contribution in [1.29, 1.82) is 0 Å². The Hall–Kier alpha value is -1.58. The maximum atomic E-state index is 12.0. The molecule has 39 heavy (non-hydrogen) atoms. The second-order valence-corrected chi connectivity index (χ2v) is 13.5. The molecule has 0 aliphatic rings. The number of carbonyl (C=O) groups is 6. The van der Waals surface area contributed by atoms with Gasteiger partial charge >= 0.3 is 11.9 Å². The molecule has 0 aromatic rings. The molecule has 0 radical (unpaired) electrons. The maximum absolute atomic E-state index is 12.0. The van der Waals surface area contributed by atoms with Crippen LogP contribution < -0.4 is 22.9 Å². The molecule has 0 spiro atoms. The van der Waals surface area contributed by atoms with Gasteiger partial charge in [-0.15, -0.1) is 23.5 Å². The Morgan fingerprint density at radius 3 is 1.21 bits per heavy atom. The smallest absolute Gasteiger partial charge is 0.313 e. The molecule has 0 aromatic heterocycles. The van der Waals surface area contributed by atoms with Gasteiger partial charge in [0.1, 0.15) is 0 Å². The van der Waals surface area contributed by atoms with Gasteiger partial charge in [0.15, 0.2) is 0 Å². The second-order valence-electron chi connectivity index (χ2n) is 8.75. The number of ether oxygens (including phenoxy) is 1. The van der Waals surface area contributed by atoms with Gasteiger partial charge < -0.3 is 27.7 Å². The largest absolute Gasteiger partial charge is 0.393 e. The number of thioether (sulfide) groups is 4. The molecule has 0 saturated carbocycles. The van der Waals surface area contributed by atoms with Crippen LogP contribution in [0.25, 0.3) is 0 Å². The fourth-order valence-corrected chi connectivity index (χ4v) is 7.24. The van der Waals surface area contributed by atoms with Crippen LogP contribution >= 0.6 is 47.0 Å². The first-order valence-corrected chi connectivity index (χ1v) is 17.2. The first-order chi connectivity index (χ1) is 18.5. The Bertz CT molecular complexity index is 728. The number of hydrogen-bond donors (Lipinski definition) is 4. The van der Waals surface area contributed by atoms with E-state index in [1.165, 1.54) is 47.0 Å². The van der Waals surface area contributed by atoms with Gasteiger partial charge in [-0.05, 0) is 50.0 Å². The zero-order valence-electron chi connectivity index (χ0n) is 22.3. The lowest BCUT2D eigenvalue weighted by Gasteiger charge is -2.15. The van der Waals surface area contributed by atoms with E-state index in [0.717, 1.165) is 50.0 Å². The molecule has 224 valence electrons. The SMILES string of the molecule is NC(=O)CSCCC(CCCCC(=O)OC(=O)CCCCC(CCSCC(N)=O)SCC(N)=O)SCC(N)=O. The van der Waals surface area contributed by atoms with Crippen molar-refractivity contribution < 1.29 is 33.5 Å². The van der Waals surface area contributed by atoms with Crippen LogP contribution in [0.1, 0.15) is 64.2 Å². The van der Waals surface area contributed by atoms with Crippen LogP contribution in [0, 0.1) is 0 Å². The topological polar surface area (TPSA) is 216 Å². The fourth-order valence-electron chi connectivity index (χ4n) is 3.31. The van der Waals surface area contributed by atoms with E-state index in [2.05, 4.69) is 0 Å². The third-order valence-electron chi connectivity index (χ3n) is 5.12. The minimum atomic E-state index is -0.556. The Kier molecular flexibility index (Phi) is 23.3. The van der Waals surface area contributed by atoms with Gasteiger partial charge in [-0.2, -0.15) is 23.5 Å². The molecule has 2 unspecified atom stereocenters. The van der Waals surface area contributed by atoms with Crippen LogP contribution in [0.2, 0.25) is 0 Å². The Labute approximate surface area is 247 Å². The van der Waals surface area contributed by atoms with Gasteiger partial charge in [0.05, 0.1) is 23.0 Å². The van der Waals surface area contributed by atoms with Crippen molar-refractivity contribution in [1.82, 2.24) is 0 Å².